The number of aliphatic imine (C=N–C) groups is 1. The van der Waals surface area contributed by atoms with Gasteiger partial charge >= 0.3 is 0 Å². The van der Waals surface area contributed by atoms with E-state index >= 15 is 0 Å². The van der Waals surface area contributed by atoms with Crippen molar-refractivity contribution >= 4 is 27.8 Å². The summed E-state index contributed by atoms with van der Waals surface area (Å²) in [6.45, 7) is 0.948. The molecule has 27 heavy (non-hydrogen) atoms. The van der Waals surface area contributed by atoms with Crippen LogP contribution in [0.25, 0.3) is 0 Å². The average molecular weight is 439 g/mol. The highest BCUT2D eigenvalue weighted by molar-refractivity contribution is 9.10. The third-order valence-electron chi connectivity index (χ3n) is 4.73. The van der Waals surface area contributed by atoms with E-state index in [1.807, 2.05) is 12.1 Å². The first-order chi connectivity index (χ1) is 13.0. The normalized spacial score (nSPS) is 14.9. The summed E-state index contributed by atoms with van der Waals surface area (Å²) in [4.78, 5) is 17.9. The summed E-state index contributed by atoms with van der Waals surface area (Å²) in [5, 5.41) is 6.85. The molecule has 1 aliphatic rings. The summed E-state index contributed by atoms with van der Waals surface area (Å²) in [5.41, 5.74) is 1.19. The van der Waals surface area contributed by atoms with Crippen molar-refractivity contribution in [3.8, 4) is 5.75 Å². The van der Waals surface area contributed by atoms with E-state index in [2.05, 4.69) is 37.6 Å². The Hall–Kier alpha value is -1.76. The van der Waals surface area contributed by atoms with Crippen molar-refractivity contribution in [1.82, 2.24) is 15.5 Å². The lowest BCUT2D eigenvalue weighted by atomic mass is 10.1. The number of ether oxygens (including phenoxy) is 1. The van der Waals surface area contributed by atoms with Crippen LogP contribution < -0.4 is 15.4 Å². The van der Waals surface area contributed by atoms with Gasteiger partial charge < -0.3 is 20.3 Å². The van der Waals surface area contributed by atoms with Crippen LogP contribution in [0, 0.1) is 0 Å². The maximum absolute atomic E-state index is 11.8. The summed E-state index contributed by atoms with van der Waals surface area (Å²) in [5.74, 6) is 1.64. The third-order valence-corrected chi connectivity index (χ3v) is 5.22. The molecule has 2 rings (SSSR count). The maximum Gasteiger partial charge on any atom is 0.243 e. The standard InChI is InChI=1S/C20H31BrN4O2/c1-25(2)19(26)14-23-20(24-17-8-4-5-9-17)22-12-6-7-15-10-11-16(21)13-18(15)27-3/h10-11,13,17H,4-9,12,14H2,1-3H3,(H2,22,23,24). The number of hydrogen-bond donors (Lipinski definition) is 2. The number of amides is 1. The molecule has 150 valence electrons. The quantitative estimate of drug-likeness (QED) is 0.372. The second-order valence-electron chi connectivity index (χ2n) is 7.07. The molecule has 0 bridgehead atoms. The van der Waals surface area contributed by atoms with Crippen LogP contribution in [0.4, 0.5) is 0 Å². The van der Waals surface area contributed by atoms with E-state index in [1.54, 1.807) is 26.1 Å². The molecule has 0 unspecified atom stereocenters. The molecule has 2 N–H and O–H groups in total. The zero-order valence-electron chi connectivity index (χ0n) is 16.6. The van der Waals surface area contributed by atoms with Crippen molar-refractivity contribution in [2.45, 2.75) is 44.6 Å². The minimum Gasteiger partial charge on any atom is -0.496 e. The molecule has 0 spiro atoms. The molecule has 0 radical (unpaired) electrons. The third kappa shape index (κ3) is 7.40. The van der Waals surface area contributed by atoms with E-state index in [1.165, 1.54) is 31.2 Å². The highest BCUT2D eigenvalue weighted by Crippen LogP contribution is 2.24. The summed E-state index contributed by atoms with van der Waals surface area (Å²) in [6, 6.07) is 6.57. The van der Waals surface area contributed by atoms with Gasteiger partial charge in [0.1, 0.15) is 12.3 Å². The smallest absolute Gasteiger partial charge is 0.243 e. The Labute approximate surface area is 170 Å². The van der Waals surface area contributed by atoms with E-state index in [4.69, 9.17) is 4.74 Å². The number of likely N-dealkylation sites (N-methyl/N-ethyl adjacent to an activating group) is 1. The molecule has 1 aromatic rings. The molecule has 0 aromatic heterocycles. The van der Waals surface area contributed by atoms with Crippen molar-refractivity contribution in [1.29, 1.82) is 0 Å². The van der Waals surface area contributed by atoms with Gasteiger partial charge in [0, 0.05) is 31.2 Å². The average Bonchev–Trinajstić information content (AvgIpc) is 3.16. The van der Waals surface area contributed by atoms with Gasteiger partial charge in [0.2, 0.25) is 5.91 Å². The monoisotopic (exact) mass is 438 g/mol. The highest BCUT2D eigenvalue weighted by Gasteiger charge is 2.16. The molecular weight excluding hydrogens is 408 g/mol. The minimum atomic E-state index is 0.00196. The van der Waals surface area contributed by atoms with Crippen molar-refractivity contribution < 1.29 is 9.53 Å². The largest absolute Gasteiger partial charge is 0.496 e. The van der Waals surface area contributed by atoms with Gasteiger partial charge in [-0.25, -0.2) is 4.99 Å². The molecule has 7 heteroatoms. The predicted molar refractivity (Wildman–Crippen MR) is 113 cm³/mol. The van der Waals surface area contributed by atoms with E-state index in [9.17, 15) is 4.79 Å². The Balaban J connectivity index is 1.86. The lowest BCUT2D eigenvalue weighted by molar-refractivity contribution is -0.127. The molecule has 0 saturated heterocycles. The summed E-state index contributed by atoms with van der Waals surface area (Å²) in [6.07, 6.45) is 6.70. The number of halogens is 1. The fraction of sp³-hybridized carbons (Fsp3) is 0.600. The Morgan fingerprint density at radius 3 is 2.74 bits per heavy atom. The molecule has 1 amide bonds. The number of carbonyl (C=O) groups excluding carboxylic acids is 1. The first kappa shape index (κ1) is 21.5. The first-order valence-corrected chi connectivity index (χ1v) is 10.4. The summed E-state index contributed by atoms with van der Waals surface area (Å²) < 4.78 is 6.47. The number of aryl methyl sites for hydroxylation is 1. The van der Waals surface area contributed by atoms with Crippen LogP contribution in [-0.2, 0) is 11.2 Å². The van der Waals surface area contributed by atoms with Gasteiger partial charge in [0.15, 0.2) is 5.96 Å². The van der Waals surface area contributed by atoms with Crippen LogP contribution in [0.15, 0.2) is 27.7 Å². The highest BCUT2D eigenvalue weighted by atomic mass is 79.9. The fourth-order valence-corrected chi connectivity index (χ4v) is 3.45. The van der Waals surface area contributed by atoms with E-state index in [-0.39, 0.29) is 12.5 Å². The molecule has 1 fully saturated rings. The van der Waals surface area contributed by atoms with Gasteiger partial charge in [-0.05, 0) is 43.4 Å². The number of methoxy groups -OCH3 is 1. The van der Waals surface area contributed by atoms with Gasteiger partial charge in [0.05, 0.1) is 7.11 Å². The van der Waals surface area contributed by atoms with Gasteiger partial charge in [-0.2, -0.15) is 0 Å². The Bertz CT molecular complexity index is 643. The van der Waals surface area contributed by atoms with Crippen LogP contribution in [0.2, 0.25) is 0 Å². The second kappa shape index (κ2) is 11.2. The SMILES string of the molecule is COc1cc(Br)ccc1CCCNC(=NCC(=O)N(C)C)NC1CCCC1. The van der Waals surface area contributed by atoms with Gasteiger partial charge in [-0.1, -0.05) is 34.8 Å². The van der Waals surface area contributed by atoms with E-state index in [0.29, 0.717) is 6.04 Å². The van der Waals surface area contributed by atoms with E-state index < -0.39 is 0 Å². The topological polar surface area (TPSA) is 66.0 Å². The van der Waals surface area contributed by atoms with Crippen LogP contribution in [0.3, 0.4) is 0 Å². The Morgan fingerprint density at radius 2 is 2.07 bits per heavy atom. The second-order valence-corrected chi connectivity index (χ2v) is 7.98. The molecule has 0 aliphatic heterocycles. The zero-order valence-corrected chi connectivity index (χ0v) is 18.1. The van der Waals surface area contributed by atoms with Gasteiger partial charge in [0.25, 0.3) is 0 Å². The predicted octanol–water partition coefficient (Wildman–Crippen LogP) is 2.96. The molecule has 1 aliphatic carbocycles. The van der Waals surface area contributed by atoms with Crippen molar-refractivity contribution in [2.75, 3.05) is 34.3 Å². The van der Waals surface area contributed by atoms with Crippen molar-refractivity contribution in [2.24, 2.45) is 4.99 Å². The maximum atomic E-state index is 11.8. The number of benzene rings is 1. The van der Waals surface area contributed by atoms with Crippen LogP contribution in [0.1, 0.15) is 37.7 Å². The molecule has 0 atom stereocenters. The Kier molecular flexibility index (Phi) is 8.91. The lowest BCUT2D eigenvalue weighted by Crippen LogP contribution is -2.43. The Morgan fingerprint density at radius 1 is 1.33 bits per heavy atom. The number of hydrogen-bond acceptors (Lipinski definition) is 3. The van der Waals surface area contributed by atoms with Crippen LogP contribution in [-0.4, -0.2) is 57.1 Å². The van der Waals surface area contributed by atoms with Gasteiger partial charge in [-0.3, -0.25) is 4.79 Å². The number of nitrogens with one attached hydrogen (secondary N) is 2. The summed E-state index contributed by atoms with van der Waals surface area (Å²) >= 11 is 3.47. The number of rotatable bonds is 8. The number of carbonyl (C=O) groups is 1. The number of nitrogens with zero attached hydrogens (tertiary/aromatic N) is 2. The zero-order chi connectivity index (χ0) is 19.6. The fourth-order valence-electron chi connectivity index (χ4n) is 3.11. The van der Waals surface area contributed by atoms with Gasteiger partial charge in [-0.15, -0.1) is 0 Å². The number of guanidine groups is 1. The molecule has 1 aromatic carbocycles. The lowest BCUT2D eigenvalue weighted by Gasteiger charge is -2.18. The molecular formula is C20H31BrN4O2. The minimum absolute atomic E-state index is 0.00196. The molecule has 0 heterocycles. The van der Waals surface area contributed by atoms with E-state index in [0.717, 1.165) is 35.6 Å². The van der Waals surface area contributed by atoms with Crippen molar-refractivity contribution in [3.63, 3.8) is 0 Å². The summed E-state index contributed by atoms with van der Waals surface area (Å²) in [7, 11) is 5.20. The van der Waals surface area contributed by atoms with Crippen LogP contribution >= 0.6 is 15.9 Å². The molecule has 6 nitrogen and oxygen atoms in total. The first-order valence-electron chi connectivity index (χ1n) is 9.57. The van der Waals surface area contributed by atoms with Crippen LogP contribution in [0.5, 0.6) is 5.75 Å². The molecule has 1 saturated carbocycles. The van der Waals surface area contributed by atoms with Crippen molar-refractivity contribution in [3.05, 3.63) is 28.2 Å².